The molecule has 3 atom stereocenters. The molecule has 16 heavy (non-hydrogen) atoms. The molecule has 4 heteroatoms. The molecule has 4 nitrogen and oxygen atoms in total. The zero-order chi connectivity index (χ0) is 11.5. The van der Waals surface area contributed by atoms with Crippen molar-refractivity contribution in [2.75, 3.05) is 0 Å². The molecule has 0 aromatic heterocycles. The highest BCUT2D eigenvalue weighted by Crippen LogP contribution is 2.46. The first-order chi connectivity index (χ1) is 7.52. The van der Waals surface area contributed by atoms with Crippen molar-refractivity contribution < 1.29 is 14.3 Å². The molecule has 0 aromatic rings. The maximum atomic E-state index is 11.2. The average molecular weight is 219 g/mol. The summed E-state index contributed by atoms with van der Waals surface area (Å²) in [5, 5.41) is 2.93. The Morgan fingerprint density at radius 1 is 1.44 bits per heavy atom. The molecule has 1 fully saturated rings. The van der Waals surface area contributed by atoms with Crippen molar-refractivity contribution in [2.24, 2.45) is 11.8 Å². The maximum absolute atomic E-state index is 11.2. The van der Waals surface area contributed by atoms with E-state index in [0.717, 1.165) is 5.57 Å². The first-order valence-electron chi connectivity index (χ1n) is 5.49. The number of carbonyl (C=O) groups is 2. The van der Waals surface area contributed by atoms with Crippen LogP contribution in [0.3, 0.4) is 0 Å². The van der Waals surface area contributed by atoms with E-state index in [-0.39, 0.29) is 29.3 Å². The summed E-state index contributed by atoms with van der Waals surface area (Å²) in [5.41, 5.74) is 0.664. The van der Waals surface area contributed by atoms with Crippen LogP contribution in [0.15, 0.2) is 23.5 Å². The molecule has 0 bridgehead atoms. The Morgan fingerprint density at radius 3 is 2.75 bits per heavy atom. The van der Waals surface area contributed by atoms with Crippen molar-refractivity contribution in [2.45, 2.75) is 25.8 Å². The molecule has 0 radical (unpaired) electrons. The van der Waals surface area contributed by atoms with Gasteiger partial charge in [0, 0.05) is 11.6 Å². The van der Waals surface area contributed by atoms with Crippen molar-refractivity contribution in [1.29, 1.82) is 0 Å². The summed E-state index contributed by atoms with van der Waals surface area (Å²) < 4.78 is 5.13. The van der Waals surface area contributed by atoms with Gasteiger partial charge in [-0.15, -0.1) is 0 Å². The third-order valence-corrected chi connectivity index (χ3v) is 4.04. The number of rotatable bonds is 0. The van der Waals surface area contributed by atoms with Crippen LogP contribution >= 0.6 is 0 Å². The second-order valence-electron chi connectivity index (χ2n) is 4.87. The zero-order valence-electron chi connectivity index (χ0n) is 9.24. The van der Waals surface area contributed by atoms with E-state index in [0.29, 0.717) is 12.2 Å². The molecule has 3 rings (SSSR count). The van der Waals surface area contributed by atoms with Crippen LogP contribution < -0.4 is 5.32 Å². The minimum atomic E-state index is -0.303. The SMILES string of the molecule is C[C@@H]1C2=CC(=O)OC2=CC2(CC(=O)N2)[C@@H]1C. The van der Waals surface area contributed by atoms with Gasteiger partial charge in [0.15, 0.2) is 0 Å². The number of amides is 1. The topological polar surface area (TPSA) is 55.4 Å². The number of carbonyl (C=O) groups excluding carboxylic acids is 2. The molecular formula is C12H13NO3. The van der Waals surface area contributed by atoms with Gasteiger partial charge in [0.25, 0.3) is 0 Å². The van der Waals surface area contributed by atoms with Gasteiger partial charge in [-0.2, -0.15) is 0 Å². The molecule has 84 valence electrons. The number of β-lactam (4-membered cyclic amide) rings is 1. The largest absolute Gasteiger partial charge is 0.423 e. The highest BCUT2D eigenvalue weighted by Gasteiger charge is 2.52. The molecule has 3 aliphatic rings. The Balaban J connectivity index is 2.05. The van der Waals surface area contributed by atoms with Crippen LogP contribution in [0.4, 0.5) is 0 Å². The summed E-state index contributed by atoms with van der Waals surface area (Å²) >= 11 is 0. The molecule has 1 unspecified atom stereocenters. The normalized spacial score (nSPS) is 40.6. The van der Waals surface area contributed by atoms with E-state index >= 15 is 0 Å². The fourth-order valence-corrected chi connectivity index (χ4v) is 2.81. The van der Waals surface area contributed by atoms with Gasteiger partial charge in [-0.25, -0.2) is 4.79 Å². The molecule has 0 aromatic carbocycles. The van der Waals surface area contributed by atoms with E-state index in [1.54, 1.807) is 6.08 Å². The summed E-state index contributed by atoms with van der Waals surface area (Å²) in [6, 6.07) is 0. The van der Waals surface area contributed by atoms with E-state index in [2.05, 4.69) is 19.2 Å². The predicted molar refractivity (Wildman–Crippen MR) is 56.1 cm³/mol. The molecule has 1 N–H and O–H groups in total. The fourth-order valence-electron chi connectivity index (χ4n) is 2.81. The van der Waals surface area contributed by atoms with E-state index < -0.39 is 0 Å². The fraction of sp³-hybridized carbons (Fsp3) is 0.500. The van der Waals surface area contributed by atoms with Crippen molar-refractivity contribution in [1.82, 2.24) is 5.32 Å². The number of hydrogen-bond acceptors (Lipinski definition) is 3. The molecule has 2 heterocycles. The molecule has 1 spiro atoms. The van der Waals surface area contributed by atoms with Crippen molar-refractivity contribution >= 4 is 11.9 Å². The average Bonchev–Trinajstić information content (AvgIpc) is 2.53. The molecular weight excluding hydrogens is 206 g/mol. The van der Waals surface area contributed by atoms with Crippen molar-refractivity contribution in [3.63, 3.8) is 0 Å². The highest BCUT2D eigenvalue weighted by atomic mass is 16.5. The third-order valence-electron chi connectivity index (χ3n) is 4.04. The molecule has 2 aliphatic heterocycles. The lowest BCUT2D eigenvalue weighted by Crippen LogP contribution is -2.65. The first-order valence-corrected chi connectivity index (χ1v) is 5.49. The van der Waals surface area contributed by atoms with Gasteiger partial charge in [-0.05, 0) is 17.9 Å². The van der Waals surface area contributed by atoms with Gasteiger partial charge in [-0.3, -0.25) is 4.79 Å². The van der Waals surface area contributed by atoms with Gasteiger partial charge < -0.3 is 10.1 Å². The molecule has 1 saturated heterocycles. The summed E-state index contributed by atoms with van der Waals surface area (Å²) in [6.07, 6.45) is 3.95. The van der Waals surface area contributed by atoms with Gasteiger partial charge in [0.1, 0.15) is 5.76 Å². The molecule has 1 amide bonds. The van der Waals surface area contributed by atoms with Gasteiger partial charge >= 0.3 is 5.97 Å². The lowest BCUT2D eigenvalue weighted by Gasteiger charge is -2.49. The van der Waals surface area contributed by atoms with Crippen LogP contribution in [0.5, 0.6) is 0 Å². The number of allylic oxidation sites excluding steroid dienone is 1. The highest BCUT2D eigenvalue weighted by molar-refractivity contribution is 5.90. The van der Waals surface area contributed by atoms with Crippen LogP contribution in [0.1, 0.15) is 20.3 Å². The Hall–Kier alpha value is -1.58. The summed E-state index contributed by atoms with van der Waals surface area (Å²) in [7, 11) is 0. The minimum absolute atomic E-state index is 0.0626. The second kappa shape index (κ2) is 2.75. The summed E-state index contributed by atoms with van der Waals surface area (Å²) in [4.78, 5) is 22.3. The van der Waals surface area contributed by atoms with Crippen molar-refractivity contribution in [3.05, 3.63) is 23.5 Å². The Morgan fingerprint density at radius 2 is 2.12 bits per heavy atom. The van der Waals surface area contributed by atoms with E-state index in [9.17, 15) is 9.59 Å². The quantitative estimate of drug-likeness (QED) is 0.486. The second-order valence-corrected chi connectivity index (χ2v) is 4.87. The van der Waals surface area contributed by atoms with Gasteiger partial charge in [0.2, 0.25) is 5.91 Å². The number of fused-ring (bicyclic) bond motifs is 1. The summed E-state index contributed by atoms with van der Waals surface area (Å²) in [5.74, 6) is 0.910. The summed E-state index contributed by atoms with van der Waals surface area (Å²) in [6.45, 7) is 4.17. The lowest BCUT2D eigenvalue weighted by atomic mass is 9.65. The van der Waals surface area contributed by atoms with Crippen LogP contribution in [-0.2, 0) is 14.3 Å². The van der Waals surface area contributed by atoms with Gasteiger partial charge in [0.05, 0.1) is 12.0 Å². The molecule has 1 aliphatic carbocycles. The number of hydrogen-bond donors (Lipinski definition) is 1. The maximum Gasteiger partial charge on any atom is 0.336 e. The standard InChI is InChI=1S/C12H13NO3/c1-6-7(2)12(5-10(14)13-12)4-9-8(6)3-11(15)16-9/h3-4,6-7H,5H2,1-2H3,(H,13,14)/t6-,7+,12?/m0/s1. The first kappa shape index (κ1) is 9.63. The van der Waals surface area contributed by atoms with Crippen LogP contribution in [-0.4, -0.2) is 17.4 Å². The molecule has 0 saturated carbocycles. The van der Waals surface area contributed by atoms with E-state index in [1.807, 2.05) is 6.08 Å². The lowest BCUT2D eigenvalue weighted by molar-refractivity contribution is -0.133. The Labute approximate surface area is 93.3 Å². The number of ether oxygens (including phenoxy) is 1. The number of esters is 1. The third kappa shape index (κ3) is 1.04. The predicted octanol–water partition coefficient (Wildman–Crippen LogP) is 0.898. The number of nitrogens with one attached hydrogen (secondary N) is 1. The van der Waals surface area contributed by atoms with Crippen LogP contribution in [0, 0.1) is 11.8 Å². The Bertz CT molecular complexity index is 453. The van der Waals surface area contributed by atoms with Gasteiger partial charge in [-0.1, -0.05) is 13.8 Å². The Kier molecular flexibility index (Phi) is 1.66. The monoisotopic (exact) mass is 219 g/mol. The smallest absolute Gasteiger partial charge is 0.336 e. The van der Waals surface area contributed by atoms with Crippen molar-refractivity contribution in [3.8, 4) is 0 Å². The van der Waals surface area contributed by atoms with E-state index in [1.165, 1.54) is 0 Å². The van der Waals surface area contributed by atoms with E-state index in [4.69, 9.17) is 4.74 Å². The zero-order valence-corrected chi connectivity index (χ0v) is 9.24. The van der Waals surface area contributed by atoms with Crippen LogP contribution in [0.2, 0.25) is 0 Å². The minimum Gasteiger partial charge on any atom is -0.423 e. The van der Waals surface area contributed by atoms with Crippen LogP contribution in [0.25, 0.3) is 0 Å².